The van der Waals surface area contributed by atoms with Crippen molar-refractivity contribution < 1.29 is 23.9 Å². The highest BCUT2D eigenvalue weighted by Gasteiger charge is 2.40. The summed E-state index contributed by atoms with van der Waals surface area (Å²) in [6.07, 6.45) is 4.07. The predicted octanol–water partition coefficient (Wildman–Crippen LogP) is 2.69. The van der Waals surface area contributed by atoms with Gasteiger partial charge in [0.2, 0.25) is 5.91 Å². The molecule has 0 aliphatic heterocycles. The lowest BCUT2D eigenvalue weighted by atomic mass is 9.90. The molecule has 1 saturated carbocycles. The Bertz CT molecular complexity index is 652. The van der Waals surface area contributed by atoms with E-state index < -0.39 is 29.1 Å². The molecule has 24 heavy (non-hydrogen) atoms. The predicted molar refractivity (Wildman–Crippen MR) is 86.2 cm³/mol. The van der Waals surface area contributed by atoms with Gasteiger partial charge < -0.3 is 15.7 Å². The van der Waals surface area contributed by atoms with Crippen LogP contribution in [0.4, 0.5) is 10.1 Å². The summed E-state index contributed by atoms with van der Waals surface area (Å²) < 4.78 is 13.7. The van der Waals surface area contributed by atoms with Crippen LogP contribution in [-0.4, -0.2) is 28.4 Å². The first-order valence-corrected chi connectivity index (χ1v) is 7.97. The Hall–Kier alpha value is -2.44. The van der Waals surface area contributed by atoms with E-state index in [0.717, 1.165) is 31.7 Å². The fourth-order valence-electron chi connectivity index (χ4n) is 2.97. The summed E-state index contributed by atoms with van der Waals surface area (Å²) in [5.41, 5.74) is -1.30. The maximum atomic E-state index is 13.7. The van der Waals surface area contributed by atoms with Crippen molar-refractivity contribution in [3.8, 4) is 0 Å². The molecule has 130 valence electrons. The van der Waals surface area contributed by atoms with Crippen molar-refractivity contribution in [3.05, 3.63) is 29.6 Å². The second kappa shape index (κ2) is 7.42. The molecule has 0 heterocycles. The second-order valence-electron chi connectivity index (χ2n) is 6.13. The van der Waals surface area contributed by atoms with Gasteiger partial charge in [-0.05, 0) is 31.0 Å². The van der Waals surface area contributed by atoms with Crippen LogP contribution in [-0.2, 0) is 9.59 Å². The van der Waals surface area contributed by atoms with Gasteiger partial charge in [0.15, 0.2) is 0 Å². The van der Waals surface area contributed by atoms with Crippen LogP contribution < -0.4 is 10.6 Å². The number of rotatable bonds is 4. The van der Waals surface area contributed by atoms with Gasteiger partial charge in [0.05, 0.1) is 5.69 Å². The lowest BCUT2D eigenvalue weighted by Crippen LogP contribution is -2.54. The van der Waals surface area contributed by atoms with Crippen LogP contribution in [0.2, 0.25) is 0 Å². The van der Waals surface area contributed by atoms with Crippen molar-refractivity contribution >= 4 is 23.5 Å². The number of hydrogen-bond acceptors (Lipinski definition) is 3. The van der Waals surface area contributed by atoms with Crippen LogP contribution in [0, 0.1) is 5.82 Å². The van der Waals surface area contributed by atoms with E-state index in [0.29, 0.717) is 12.8 Å². The molecule has 0 radical (unpaired) electrons. The van der Waals surface area contributed by atoms with Crippen molar-refractivity contribution in [2.45, 2.75) is 51.0 Å². The zero-order chi connectivity index (χ0) is 17.7. The van der Waals surface area contributed by atoms with Crippen LogP contribution in [0.15, 0.2) is 18.2 Å². The maximum absolute atomic E-state index is 13.7. The molecular weight excluding hydrogens is 315 g/mol. The van der Waals surface area contributed by atoms with E-state index in [-0.39, 0.29) is 11.3 Å². The largest absolute Gasteiger partial charge is 0.480 e. The molecule has 2 rings (SSSR count). The molecule has 0 aromatic heterocycles. The molecule has 1 fully saturated rings. The van der Waals surface area contributed by atoms with Crippen molar-refractivity contribution in [1.82, 2.24) is 5.32 Å². The normalized spacial score (nSPS) is 16.8. The number of anilines is 1. The minimum absolute atomic E-state index is 0.102. The van der Waals surface area contributed by atoms with Crippen molar-refractivity contribution in [2.24, 2.45) is 0 Å². The van der Waals surface area contributed by atoms with E-state index in [9.17, 15) is 23.9 Å². The molecule has 3 N–H and O–H groups in total. The molecule has 1 aliphatic carbocycles. The summed E-state index contributed by atoms with van der Waals surface area (Å²) in [7, 11) is 0. The number of carboxylic acid groups (broad SMARTS) is 1. The van der Waals surface area contributed by atoms with Gasteiger partial charge in [-0.3, -0.25) is 9.59 Å². The number of carbonyl (C=O) groups excluding carboxylic acids is 2. The lowest BCUT2D eigenvalue weighted by molar-refractivity contribution is -0.145. The Morgan fingerprint density at radius 2 is 1.75 bits per heavy atom. The number of benzene rings is 1. The number of carbonyl (C=O) groups is 3. The van der Waals surface area contributed by atoms with Crippen LogP contribution >= 0.6 is 0 Å². The topological polar surface area (TPSA) is 95.5 Å². The molecule has 0 saturated heterocycles. The van der Waals surface area contributed by atoms with Crippen molar-refractivity contribution in [1.29, 1.82) is 0 Å². The molecule has 1 aromatic rings. The Balaban J connectivity index is 2.24. The third-order valence-electron chi connectivity index (χ3n) is 4.26. The van der Waals surface area contributed by atoms with Gasteiger partial charge in [-0.1, -0.05) is 25.7 Å². The number of aliphatic carboxylic acids is 1. The Labute approximate surface area is 139 Å². The summed E-state index contributed by atoms with van der Waals surface area (Å²) in [6.45, 7) is 1.23. The molecule has 1 aliphatic rings. The average Bonchev–Trinajstić information content (AvgIpc) is 2.75. The average molecular weight is 336 g/mol. The first kappa shape index (κ1) is 17.9. The van der Waals surface area contributed by atoms with Gasteiger partial charge in [-0.25, -0.2) is 9.18 Å². The molecule has 0 spiro atoms. The number of amides is 2. The van der Waals surface area contributed by atoms with Gasteiger partial charge in [0.25, 0.3) is 5.91 Å². The standard InChI is InChI=1S/C17H21FN2O4/c1-11(21)19-14-10-12(6-7-13(14)18)15(22)20-17(16(23)24)8-4-2-3-5-9-17/h6-7,10H,2-5,8-9H2,1H3,(H,19,21)(H,20,22)(H,23,24). The van der Waals surface area contributed by atoms with Gasteiger partial charge in [-0.15, -0.1) is 0 Å². The van der Waals surface area contributed by atoms with Gasteiger partial charge in [0, 0.05) is 12.5 Å². The molecule has 0 bridgehead atoms. The summed E-state index contributed by atoms with van der Waals surface area (Å²) >= 11 is 0. The summed E-state index contributed by atoms with van der Waals surface area (Å²) in [5.74, 6) is -2.77. The number of nitrogens with one attached hydrogen (secondary N) is 2. The van der Waals surface area contributed by atoms with E-state index in [2.05, 4.69) is 10.6 Å². The molecule has 6 nitrogen and oxygen atoms in total. The highest BCUT2D eigenvalue weighted by molar-refractivity contribution is 5.99. The lowest BCUT2D eigenvalue weighted by Gasteiger charge is -2.29. The molecule has 0 atom stereocenters. The van der Waals surface area contributed by atoms with E-state index in [1.54, 1.807) is 0 Å². The highest BCUT2D eigenvalue weighted by Crippen LogP contribution is 2.28. The van der Waals surface area contributed by atoms with Crippen molar-refractivity contribution in [2.75, 3.05) is 5.32 Å². The van der Waals surface area contributed by atoms with Crippen LogP contribution in [0.1, 0.15) is 55.8 Å². The second-order valence-corrected chi connectivity index (χ2v) is 6.13. The van der Waals surface area contributed by atoms with Crippen LogP contribution in [0.5, 0.6) is 0 Å². The Kier molecular flexibility index (Phi) is 5.54. The summed E-state index contributed by atoms with van der Waals surface area (Å²) in [5, 5.41) is 14.5. The monoisotopic (exact) mass is 336 g/mol. The summed E-state index contributed by atoms with van der Waals surface area (Å²) in [4.78, 5) is 35.3. The molecule has 2 amide bonds. The molecule has 0 unspecified atom stereocenters. The molecule has 7 heteroatoms. The van der Waals surface area contributed by atoms with Gasteiger partial charge >= 0.3 is 5.97 Å². The van der Waals surface area contributed by atoms with Gasteiger partial charge in [0.1, 0.15) is 11.4 Å². The zero-order valence-corrected chi connectivity index (χ0v) is 13.5. The van der Waals surface area contributed by atoms with E-state index in [1.165, 1.54) is 19.1 Å². The quantitative estimate of drug-likeness (QED) is 0.737. The fraction of sp³-hybridized carbons (Fsp3) is 0.471. The fourth-order valence-corrected chi connectivity index (χ4v) is 2.97. The minimum atomic E-state index is -1.30. The Morgan fingerprint density at radius 1 is 1.12 bits per heavy atom. The maximum Gasteiger partial charge on any atom is 0.329 e. The minimum Gasteiger partial charge on any atom is -0.480 e. The third kappa shape index (κ3) is 4.10. The van der Waals surface area contributed by atoms with Crippen molar-refractivity contribution in [3.63, 3.8) is 0 Å². The van der Waals surface area contributed by atoms with E-state index >= 15 is 0 Å². The van der Waals surface area contributed by atoms with E-state index in [4.69, 9.17) is 0 Å². The first-order chi connectivity index (χ1) is 11.3. The summed E-state index contributed by atoms with van der Waals surface area (Å²) in [6, 6.07) is 3.54. The van der Waals surface area contributed by atoms with Crippen LogP contribution in [0.3, 0.4) is 0 Å². The number of halogens is 1. The highest BCUT2D eigenvalue weighted by atomic mass is 19.1. The number of hydrogen-bond donors (Lipinski definition) is 3. The Morgan fingerprint density at radius 3 is 2.29 bits per heavy atom. The SMILES string of the molecule is CC(=O)Nc1cc(C(=O)NC2(C(=O)O)CCCCCC2)ccc1F. The van der Waals surface area contributed by atoms with Gasteiger partial charge in [-0.2, -0.15) is 0 Å². The van der Waals surface area contributed by atoms with E-state index in [1.807, 2.05) is 0 Å². The molecule has 1 aromatic carbocycles. The zero-order valence-electron chi connectivity index (χ0n) is 13.5. The first-order valence-electron chi connectivity index (χ1n) is 7.97. The molecular formula is C17H21FN2O4. The number of carboxylic acids is 1. The smallest absolute Gasteiger partial charge is 0.329 e. The third-order valence-corrected chi connectivity index (χ3v) is 4.26. The van der Waals surface area contributed by atoms with Crippen LogP contribution in [0.25, 0.3) is 0 Å².